The molecule has 0 N–H and O–H groups in total. The van der Waals surface area contributed by atoms with Gasteiger partial charge in [0.2, 0.25) is 0 Å². The summed E-state index contributed by atoms with van der Waals surface area (Å²) in [5.74, 6) is 1.76. The predicted octanol–water partition coefficient (Wildman–Crippen LogP) is 18.3. The average Bonchev–Trinajstić information content (AvgIpc) is 4.13. The van der Waals surface area contributed by atoms with Crippen LogP contribution in [0.3, 0.4) is 0 Å². The molecule has 71 heavy (non-hydrogen) atoms. The number of para-hydroxylation sites is 2. The summed E-state index contributed by atoms with van der Waals surface area (Å²) in [6.07, 6.45) is 0. The standard InChI is InChI=1S/C63H38N4OS.C2H6/c1-3-14-39(15-4-1)42-29-32-55-53(36-42)52-25-13-24-48(44-19-11-18-41(34-44)43-30-33-59-54(37-43)51-23-8-10-27-58(51)69-59)60(52)67(55)47-21-12-20-45(35-47)62-64-61(40-16-5-2-6-17-40)65-63(66-62)46-28-31-50-49-22-7-9-26-56(49)68-57(50)38-46;1-2/h1-38H;1-2H3. The third kappa shape index (κ3) is 7.36. The van der Waals surface area contributed by atoms with Gasteiger partial charge in [-0.25, -0.2) is 15.0 Å². The van der Waals surface area contributed by atoms with Gasteiger partial charge in [0.25, 0.3) is 0 Å². The lowest BCUT2D eigenvalue weighted by molar-refractivity contribution is 0.669. The van der Waals surface area contributed by atoms with Crippen molar-refractivity contribution in [3.05, 3.63) is 231 Å². The van der Waals surface area contributed by atoms with Crippen LogP contribution in [-0.4, -0.2) is 19.5 Å². The van der Waals surface area contributed by atoms with E-state index >= 15 is 0 Å². The molecule has 6 heteroatoms. The average molecular weight is 929 g/mol. The Morgan fingerprint density at radius 2 is 0.887 bits per heavy atom. The lowest BCUT2D eigenvalue weighted by atomic mass is 9.96. The fourth-order valence-electron chi connectivity index (χ4n) is 10.2. The second-order valence-corrected chi connectivity index (χ2v) is 18.6. The first-order valence-corrected chi connectivity index (χ1v) is 25.0. The van der Waals surface area contributed by atoms with E-state index in [1.54, 1.807) is 0 Å². The molecule has 5 nitrogen and oxygen atoms in total. The van der Waals surface area contributed by atoms with Gasteiger partial charge in [0.05, 0.1) is 11.0 Å². The Kier molecular flexibility index (Phi) is 10.4. The molecule has 14 rings (SSSR count). The van der Waals surface area contributed by atoms with Gasteiger partial charge in [0.1, 0.15) is 11.2 Å². The molecule has 0 saturated carbocycles. The van der Waals surface area contributed by atoms with Crippen molar-refractivity contribution in [3.8, 4) is 73.2 Å². The van der Waals surface area contributed by atoms with Crippen LogP contribution in [0.2, 0.25) is 0 Å². The van der Waals surface area contributed by atoms with Crippen LogP contribution in [0.1, 0.15) is 13.8 Å². The Hall–Kier alpha value is -8.97. The van der Waals surface area contributed by atoms with Crippen LogP contribution >= 0.6 is 11.3 Å². The first kappa shape index (κ1) is 42.2. The molecule has 0 aliphatic carbocycles. The van der Waals surface area contributed by atoms with Gasteiger partial charge in [-0.05, 0) is 94.5 Å². The third-order valence-electron chi connectivity index (χ3n) is 13.4. The van der Waals surface area contributed by atoms with E-state index in [1.807, 2.05) is 79.8 Å². The summed E-state index contributed by atoms with van der Waals surface area (Å²) in [6, 6.07) is 81.9. The summed E-state index contributed by atoms with van der Waals surface area (Å²) in [7, 11) is 0. The van der Waals surface area contributed by atoms with Crippen LogP contribution in [0.25, 0.3) is 137 Å². The van der Waals surface area contributed by atoms with Gasteiger partial charge in [-0.1, -0.05) is 178 Å². The van der Waals surface area contributed by atoms with Gasteiger partial charge in [0, 0.05) is 69.7 Å². The molecule has 14 aromatic rings. The van der Waals surface area contributed by atoms with Gasteiger partial charge in [-0.3, -0.25) is 0 Å². The number of rotatable bonds is 7. The van der Waals surface area contributed by atoms with Crippen molar-refractivity contribution in [3.63, 3.8) is 0 Å². The maximum Gasteiger partial charge on any atom is 0.164 e. The summed E-state index contributed by atoms with van der Waals surface area (Å²) in [4.78, 5) is 15.5. The van der Waals surface area contributed by atoms with Crippen LogP contribution in [0.15, 0.2) is 235 Å². The zero-order valence-electron chi connectivity index (χ0n) is 39.0. The maximum atomic E-state index is 6.33. The van der Waals surface area contributed by atoms with Crippen molar-refractivity contribution >= 4 is 75.3 Å². The van der Waals surface area contributed by atoms with Crippen molar-refractivity contribution in [2.24, 2.45) is 0 Å². The van der Waals surface area contributed by atoms with Crippen molar-refractivity contribution in [2.45, 2.75) is 13.8 Å². The molecule has 0 atom stereocenters. The number of hydrogen-bond donors (Lipinski definition) is 0. The normalized spacial score (nSPS) is 11.5. The van der Waals surface area contributed by atoms with Gasteiger partial charge < -0.3 is 8.98 Å². The quantitative estimate of drug-likeness (QED) is 0.160. The summed E-state index contributed by atoms with van der Waals surface area (Å²) >= 11 is 1.85. The van der Waals surface area contributed by atoms with E-state index in [2.05, 4.69) is 180 Å². The van der Waals surface area contributed by atoms with Crippen LogP contribution in [-0.2, 0) is 0 Å². The number of aromatic nitrogens is 4. The highest BCUT2D eigenvalue weighted by Gasteiger charge is 2.20. The molecule has 0 fully saturated rings. The maximum absolute atomic E-state index is 6.33. The van der Waals surface area contributed by atoms with Crippen LogP contribution in [0.4, 0.5) is 0 Å². The molecule has 0 aliphatic rings. The highest BCUT2D eigenvalue weighted by atomic mass is 32.1. The van der Waals surface area contributed by atoms with E-state index < -0.39 is 0 Å². The molecular weight excluding hydrogens is 885 g/mol. The zero-order chi connectivity index (χ0) is 47.4. The van der Waals surface area contributed by atoms with Crippen LogP contribution < -0.4 is 0 Å². The van der Waals surface area contributed by atoms with Gasteiger partial charge in [-0.2, -0.15) is 0 Å². The van der Waals surface area contributed by atoms with Crippen molar-refractivity contribution in [1.82, 2.24) is 19.5 Å². The molecule has 0 aliphatic heterocycles. The Morgan fingerprint density at radius 1 is 0.338 bits per heavy atom. The molecule has 0 radical (unpaired) electrons. The number of thiophene rings is 1. The number of benzene rings is 10. The molecule has 4 aromatic heterocycles. The molecule has 0 amide bonds. The minimum absolute atomic E-state index is 0.574. The molecule has 0 spiro atoms. The number of fused-ring (bicyclic) bond motifs is 9. The van der Waals surface area contributed by atoms with E-state index in [0.29, 0.717) is 17.5 Å². The number of hydrogen-bond acceptors (Lipinski definition) is 5. The van der Waals surface area contributed by atoms with Crippen molar-refractivity contribution in [2.75, 3.05) is 0 Å². The van der Waals surface area contributed by atoms with Gasteiger partial charge in [-0.15, -0.1) is 11.3 Å². The first-order chi connectivity index (χ1) is 35.2. The van der Waals surface area contributed by atoms with Gasteiger partial charge >= 0.3 is 0 Å². The van der Waals surface area contributed by atoms with Crippen molar-refractivity contribution < 1.29 is 4.42 Å². The molecule has 0 bridgehead atoms. The fourth-order valence-corrected chi connectivity index (χ4v) is 11.2. The van der Waals surface area contributed by atoms with Crippen LogP contribution in [0, 0.1) is 0 Å². The largest absolute Gasteiger partial charge is 0.456 e. The first-order valence-electron chi connectivity index (χ1n) is 24.2. The van der Waals surface area contributed by atoms with Crippen molar-refractivity contribution in [1.29, 1.82) is 0 Å². The second kappa shape index (κ2) is 17.5. The monoisotopic (exact) mass is 928 g/mol. The number of nitrogens with zero attached hydrogens (tertiary/aromatic N) is 4. The lowest BCUT2D eigenvalue weighted by Crippen LogP contribution is -2.01. The summed E-state index contributed by atoms with van der Waals surface area (Å²) < 4.78 is 11.4. The Bertz CT molecular complexity index is 4320. The molecular formula is C65H44N4OS. The van der Waals surface area contributed by atoms with Crippen LogP contribution in [0.5, 0.6) is 0 Å². The molecule has 4 heterocycles. The van der Waals surface area contributed by atoms with Gasteiger partial charge in [0.15, 0.2) is 17.5 Å². The molecule has 0 unspecified atom stereocenters. The minimum Gasteiger partial charge on any atom is -0.456 e. The number of furan rings is 1. The minimum atomic E-state index is 0.574. The topological polar surface area (TPSA) is 56.7 Å². The molecule has 0 saturated heterocycles. The van der Waals surface area contributed by atoms with E-state index in [1.165, 1.54) is 53.2 Å². The fraction of sp³-hybridized carbons (Fsp3) is 0.0308. The smallest absolute Gasteiger partial charge is 0.164 e. The van der Waals surface area contributed by atoms with E-state index in [4.69, 9.17) is 19.4 Å². The third-order valence-corrected chi connectivity index (χ3v) is 14.6. The summed E-state index contributed by atoms with van der Waals surface area (Å²) in [5.41, 5.74) is 14.6. The molecule has 336 valence electrons. The Morgan fingerprint density at radius 3 is 1.72 bits per heavy atom. The zero-order valence-corrected chi connectivity index (χ0v) is 39.9. The highest BCUT2D eigenvalue weighted by Crippen LogP contribution is 2.42. The van der Waals surface area contributed by atoms with E-state index in [0.717, 1.165) is 66.5 Å². The van der Waals surface area contributed by atoms with E-state index in [9.17, 15) is 0 Å². The highest BCUT2D eigenvalue weighted by molar-refractivity contribution is 7.25. The SMILES string of the molecule is CC.c1ccc(-c2ccc3c(c2)c2cccc(-c4cccc(-c5ccc6sc7ccccc7c6c5)c4)c2n3-c2cccc(-c3nc(-c4ccccc4)nc(-c4ccc5c(c4)oc4ccccc45)n3)c2)cc1. The summed E-state index contributed by atoms with van der Waals surface area (Å²) in [5, 5.41) is 7.09. The lowest BCUT2D eigenvalue weighted by Gasteiger charge is -2.14. The Balaban J connectivity index is 0.00000243. The summed E-state index contributed by atoms with van der Waals surface area (Å²) in [6.45, 7) is 4.00. The Labute approximate surface area is 414 Å². The second-order valence-electron chi connectivity index (χ2n) is 17.6. The predicted molar refractivity (Wildman–Crippen MR) is 298 cm³/mol. The van der Waals surface area contributed by atoms with E-state index in [-0.39, 0.29) is 0 Å². The molecule has 10 aromatic carbocycles.